The molecule has 0 radical (unpaired) electrons. The maximum atomic E-state index is 12.1. The molecular formula is C11H18ClN3O2. The van der Waals surface area contributed by atoms with Gasteiger partial charge in [-0.2, -0.15) is 0 Å². The summed E-state index contributed by atoms with van der Waals surface area (Å²) in [4.78, 5) is 14.0. The van der Waals surface area contributed by atoms with E-state index in [0.717, 1.165) is 25.8 Å². The number of rotatable bonds is 3. The standard InChI is InChI=1S/C11H17N3O2.ClH/c12-6-4-9-3-1-2-7-14(9)11(15)10-5-8-16-13-10;/h5,8-9H,1-4,6-7,12H2;1H. The average Bonchev–Trinajstić information content (AvgIpc) is 2.83. The first-order chi connectivity index (χ1) is 7.83. The molecule has 1 aliphatic rings. The van der Waals surface area contributed by atoms with Crippen LogP contribution in [-0.4, -0.2) is 35.1 Å². The predicted octanol–water partition coefficient (Wildman–Crippen LogP) is 1.44. The molecule has 6 heteroatoms. The highest BCUT2D eigenvalue weighted by molar-refractivity contribution is 5.92. The predicted molar refractivity (Wildman–Crippen MR) is 66.1 cm³/mol. The number of piperidine rings is 1. The lowest BCUT2D eigenvalue weighted by Gasteiger charge is -2.35. The Balaban J connectivity index is 0.00000144. The van der Waals surface area contributed by atoms with Crippen molar-refractivity contribution in [1.29, 1.82) is 0 Å². The molecule has 1 aromatic rings. The summed E-state index contributed by atoms with van der Waals surface area (Å²) in [5, 5.41) is 3.69. The molecule has 0 aliphatic carbocycles. The summed E-state index contributed by atoms with van der Waals surface area (Å²) >= 11 is 0. The molecule has 17 heavy (non-hydrogen) atoms. The third-order valence-electron chi connectivity index (χ3n) is 3.04. The van der Waals surface area contributed by atoms with Gasteiger partial charge >= 0.3 is 0 Å². The van der Waals surface area contributed by atoms with Crippen LogP contribution in [0.15, 0.2) is 16.9 Å². The second-order valence-electron chi connectivity index (χ2n) is 4.11. The Morgan fingerprint density at radius 3 is 3.06 bits per heavy atom. The second-order valence-corrected chi connectivity index (χ2v) is 4.11. The number of aromatic nitrogens is 1. The highest BCUT2D eigenvalue weighted by Crippen LogP contribution is 2.21. The van der Waals surface area contributed by atoms with E-state index >= 15 is 0 Å². The Morgan fingerprint density at radius 1 is 1.59 bits per heavy atom. The Bertz CT molecular complexity index is 340. The van der Waals surface area contributed by atoms with Crippen LogP contribution in [0.25, 0.3) is 0 Å². The minimum absolute atomic E-state index is 0. The van der Waals surface area contributed by atoms with Gasteiger partial charge in [-0.25, -0.2) is 0 Å². The van der Waals surface area contributed by atoms with Crippen LogP contribution >= 0.6 is 12.4 Å². The molecule has 5 nitrogen and oxygen atoms in total. The average molecular weight is 260 g/mol. The second kappa shape index (κ2) is 6.61. The third kappa shape index (κ3) is 3.20. The fraction of sp³-hybridized carbons (Fsp3) is 0.636. The fourth-order valence-corrected chi connectivity index (χ4v) is 2.23. The number of carbonyl (C=O) groups is 1. The first kappa shape index (κ1) is 14.0. The number of nitrogens with zero attached hydrogens (tertiary/aromatic N) is 2. The quantitative estimate of drug-likeness (QED) is 0.892. The van der Waals surface area contributed by atoms with Gasteiger partial charge in [0.2, 0.25) is 0 Å². The highest BCUT2D eigenvalue weighted by atomic mass is 35.5. The normalized spacial score (nSPS) is 19.8. The summed E-state index contributed by atoms with van der Waals surface area (Å²) in [6.45, 7) is 1.42. The number of carbonyl (C=O) groups excluding carboxylic acids is 1. The summed E-state index contributed by atoms with van der Waals surface area (Å²) in [6.07, 6.45) is 5.57. The molecule has 0 aromatic carbocycles. The molecular weight excluding hydrogens is 242 g/mol. The molecule has 2 N–H and O–H groups in total. The molecule has 0 spiro atoms. The summed E-state index contributed by atoms with van der Waals surface area (Å²) in [5.41, 5.74) is 5.96. The van der Waals surface area contributed by atoms with Crippen LogP contribution in [0.3, 0.4) is 0 Å². The topological polar surface area (TPSA) is 72.4 Å². The summed E-state index contributed by atoms with van der Waals surface area (Å²) in [5.74, 6) is -0.0353. The molecule has 0 bridgehead atoms. The van der Waals surface area contributed by atoms with Gasteiger partial charge in [-0.05, 0) is 32.2 Å². The van der Waals surface area contributed by atoms with Crippen LogP contribution in [0, 0.1) is 0 Å². The minimum atomic E-state index is -0.0353. The molecule has 1 fully saturated rings. The van der Waals surface area contributed by atoms with Crippen LogP contribution in [0.5, 0.6) is 0 Å². The van der Waals surface area contributed by atoms with Gasteiger partial charge in [0.15, 0.2) is 5.69 Å². The van der Waals surface area contributed by atoms with Crippen molar-refractivity contribution in [1.82, 2.24) is 10.1 Å². The Morgan fingerprint density at radius 2 is 2.41 bits per heavy atom. The van der Waals surface area contributed by atoms with Crippen molar-refractivity contribution in [3.8, 4) is 0 Å². The third-order valence-corrected chi connectivity index (χ3v) is 3.04. The number of hydrogen-bond acceptors (Lipinski definition) is 4. The zero-order valence-electron chi connectivity index (χ0n) is 9.67. The van der Waals surface area contributed by atoms with E-state index in [4.69, 9.17) is 10.3 Å². The van der Waals surface area contributed by atoms with Crippen LogP contribution in [-0.2, 0) is 0 Å². The number of nitrogens with two attached hydrogens (primary N) is 1. The van der Waals surface area contributed by atoms with Crippen molar-refractivity contribution < 1.29 is 9.32 Å². The van der Waals surface area contributed by atoms with Crippen LogP contribution in [0.4, 0.5) is 0 Å². The summed E-state index contributed by atoms with van der Waals surface area (Å²) < 4.78 is 4.70. The molecule has 0 saturated carbocycles. The van der Waals surface area contributed by atoms with Gasteiger partial charge in [0.05, 0.1) is 0 Å². The Hall–Kier alpha value is -1.07. The molecule has 96 valence electrons. The molecule has 1 saturated heterocycles. The Labute approximate surface area is 107 Å². The van der Waals surface area contributed by atoms with Crippen LogP contribution in [0.2, 0.25) is 0 Å². The van der Waals surface area contributed by atoms with Crippen LogP contribution in [0.1, 0.15) is 36.2 Å². The summed E-state index contributed by atoms with van der Waals surface area (Å²) in [6, 6.07) is 1.87. The van der Waals surface area contributed by atoms with Gasteiger partial charge in [0, 0.05) is 18.7 Å². The number of hydrogen-bond donors (Lipinski definition) is 1. The minimum Gasteiger partial charge on any atom is -0.364 e. The van der Waals surface area contributed by atoms with Gasteiger partial charge in [0.25, 0.3) is 5.91 Å². The van der Waals surface area contributed by atoms with E-state index in [1.165, 1.54) is 12.7 Å². The summed E-state index contributed by atoms with van der Waals surface area (Å²) in [7, 11) is 0. The lowest BCUT2D eigenvalue weighted by Crippen LogP contribution is -2.44. The van der Waals surface area contributed by atoms with Crippen molar-refractivity contribution in [2.75, 3.05) is 13.1 Å². The number of amides is 1. The zero-order valence-corrected chi connectivity index (χ0v) is 10.5. The SMILES string of the molecule is Cl.NCCC1CCCCN1C(=O)c1ccon1. The monoisotopic (exact) mass is 259 g/mol. The lowest BCUT2D eigenvalue weighted by atomic mass is 9.99. The van der Waals surface area contributed by atoms with E-state index in [0.29, 0.717) is 12.2 Å². The van der Waals surface area contributed by atoms with Gasteiger partial charge in [-0.15, -0.1) is 12.4 Å². The highest BCUT2D eigenvalue weighted by Gasteiger charge is 2.27. The van der Waals surface area contributed by atoms with E-state index in [-0.39, 0.29) is 24.4 Å². The largest absolute Gasteiger partial charge is 0.364 e. The van der Waals surface area contributed by atoms with E-state index in [9.17, 15) is 4.79 Å². The van der Waals surface area contributed by atoms with Crippen molar-refractivity contribution >= 4 is 18.3 Å². The maximum Gasteiger partial charge on any atom is 0.276 e. The van der Waals surface area contributed by atoms with Crippen LogP contribution < -0.4 is 5.73 Å². The molecule has 1 aromatic heterocycles. The smallest absolute Gasteiger partial charge is 0.276 e. The molecule has 2 heterocycles. The van der Waals surface area contributed by atoms with Gasteiger partial charge in [-0.1, -0.05) is 5.16 Å². The number of likely N-dealkylation sites (tertiary alicyclic amines) is 1. The van der Waals surface area contributed by atoms with E-state index in [1.54, 1.807) is 6.07 Å². The van der Waals surface area contributed by atoms with Crippen molar-refractivity contribution in [2.24, 2.45) is 5.73 Å². The fourth-order valence-electron chi connectivity index (χ4n) is 2.23. The molecule has 1 unspecified atom stereocenters. The van der Waals surface area contributed by atoms with Crippen molar-refractivity contribution in [3.63, 3.8) is 0 Å². The van der Waals surface area contributed by atoms with Gasteiger partial charge in [0.1, 0.15) is 6.26 Å². The van der Waals surface area contributed by atoms with Gasteiger partial charge in [-0.3, -0.25) is 4.79 Å². The Kier molecular flexibility index (Phi) is 5.44. The first-order valence-electron chi connectivity index (χ1n) is 5.74. The van der Waals surface area contributed by atoms with Gasteiger partial charge < -0.3 is 15.2 Å². The lowest BCUT2D eigenvalue weighted by molar-refractivity contribution is 0.0594. The van der Waals surface area contributed by atoms with E-state index in [1.807, 2.05) is 4.90 Å². The maximum absolute atomic E-state index is 12.1. The van der Waals surface area contributed by atoms with Crippen molar-refractivity contribution in [3.05, 3.63) is 18.0 Å². The molecule has 1 atom stereocenters. The number of halogens is 1. The molecule has 1 amide bonds. The zero-order chi connectivity index (χ0) is 11.4. The first-order valence-corrected chi connectivity index (χ1v) is 5.74. The molecule has 1 aliphatic heterocycles. The van der Waals surface area contributed by atoms with Crippen molar-refractivity contribution in [2.45, 2.75) is 31.7 Å². The molecule has 2 rings (SSSR count). The van der Waals surface area contributed by atoms with E-state index < -0.39 is 0 Å². The van der Waals surface area contributed by atoms with E-state index in [2.05, 4.69) is 5.16 Å².